The van der Waals surface area contributed by atoms with Crippen molar-refractivity contribution in [1.82, 2.24) is 5.32 Å². The van der Waals surface area contributed by atoms with E-state index in [9.17, 15) is 0 Å². The fourth-order valence-electron chi connectivity index (χ4n) is 2.21. The van der Waals surface area contributed by atoms with Crippen molar-refractivity contribution in [1.29, 1.82) is 0 Å². The van der Waals surface area contributed by atoms with E-state index in [0.29, 0.717) is 0 Å². The van der Waals surface area contributed by atoms with Gasteiger partial charge in [0.2, 0.25) is 0 Å². The summed E-state index contributed by atoms with van der Waals surface area (Å²) in [6.45, 7) is 9.04. The Morgan fingerprint density at radius 2 is 2.00 bits per heavy atom. The van der Waals surface area contributed by atoms with Crippen molar-refractivity contribution in [3.05, 3.63) is 29.3 Å². The van der Waals surface area contributed by atoms with Crippen LogP contribution in [0.3, 0.4) is 0 Å². The van der Waals surface area contributed by atoms with Crippen LogP contribution in [0.25, 0.3) is 0 Å². The number of hydrogen-bond acceptors (Lipinski definition) is 2. The molecule has 2 nitrogen and oxygen atoms in total. The molecule has 0 radical (unpaired) electrons. The molecule has 0 aromatic heterocycles. The summed E-state index contributed by atoms with van der Waals surface area (Å²) in [5.41, 5.74) is 2.95. The Balaban J connectivity index is 2.25. The molecule has 94 valence electrons. The Morgan fingerprint density at radius 3 is 2.47 bits per heavy atom. The normalized spacial score (nSPS) is 16.7. The van der Waals surface area contributed by atoms with Crippen molar-refractivity contribution in [2.75, 3.05) is 20.2 Å². The van der Waals surface area contributed by atoms with E-state index in [4.69, 9.17) is 4.74 Å². The van der Waals surface area contributed by atoms with Crippen LogP contribution in [0.4, 0.5) is 0 Å². The predicted octanol–water partition coefficient (Wildman–Crippen LogP) is 2.75. The van der Waals surface area contributed by atoms with Crippen molar-refractivity contribution in [3.63, 3.8) is 0 Å². The third-order valence-electron chi connectivity index (χ3n) is 3.52. The van der Waals surface area contributed by atoms with E-state index in [1.807, 2.05) is 0 Å². The van der Waals surface area contributed by atoms with Crippen molar-refractivity contribution in [3.8, 4) is 5.75 Å². The fraction of sp³-hybridized carbons (Fsp3) is 0.600. The Hall–Kier alpha value is -1.02. The van der Waals surface area contributed by atoms with Gasteiger partial charge in [0.05, 0.1) is 7.11 Å². The van der Waals surface area contributed by atoms with Gasteiger partial charge in [0.1, 0.15) is 5.75 Å². The van der Waals surface area contributed by atoms with Crippen LogP contribution in [-0.2, 0) is 11.8 Å². The molecule has 1 aliphatic heterocycles. The molecule has 2 rings (SSSR count). The van der Waals surface area contributed by atoms with Gasteiger partial charge in [-0.2, -0.15) is 0 Å². The largest absolute Gasteiger partial charge is 0.496 e. The molecule has 1 aliphatic rings. The highest BCUT2D eigenvalue weighted by molar-refractivity contribution is 5.40. The van der Waals surface area contributed by atoms with Crippen molar-refractivity contribution in [2.24, 2.45) is 5.92 Å². The number of benzene rings is 1. The maximum Gasteiger partial charge on any atom is 0.122 e. The van der Waals surface area contributed by atoms with E-state index in [2.05, 4.69) is 44.3 Å². The molecule has 0 atom stereocenters. The molecule has 17 heavy (non-hydrogen) atoms. The minimum Gasteiger partial charge on any atom is -0.496 e. The maximum atomic E-state index is 5.46. The standard InChI is InChI=1S/C15H23NO/c1-15(2,3)13-5-6-14(17-4)12(8-13)7-11-9-16-10-11/h5-6,8,11,16H,7,9-10H2,1-4H3. The predicted molar refractivity (Wildman–Crippen MR) is 71.8 cm³/mol. The molecule has 0 saturated carbocycles. The van der Waals surface area contributed by atoms with Gasteiger partial charge in [-0.25, -0.2) is 0 Å². The molecule has 1 heterocycles. The Morgan fingerprint density at radius 1 is 1.29 bits per heavy atom. The van der Waals surface area contributed by atoms with Crippen LogP contribution in [-0.4, -0.2) is 20.2 Å². The first kappa shape index (κ1) is 12.4. The first-order chi connectivity index (χ1) is 8.00. The quantitative estimate of drug-likeness (QED) is 0.866. The lowest BCUT2D eigenvalue weighted by molar-refractivity contribution is 0.338. The summed E-state index contributed by atoms with van der Waals surface area (Å²) in [5.74, 6) is 1.81. The molecule has 0 unspecified atom stereocenters. The number of rotatable bonds is 3. The van der Waals surface area contributed by atoms with Crippen LogP contribution in [0.5, 0.6) is 5.75 Å². The average molecular weight is 233 g/mol. The van der Waals surface area contributed by atoms with Crippen molar-refractivity contribution in [2.45, 2.75) is 32.6 Å². The molecule has 0 aliphatic carbocycles. The summed E-state index contributed by atoms with van der Waals surface area (Å²) >= 11 is 0. The zero-order chi connectivity index (χ0) is 12.5. The van der Waals surface area contributed by atoms with Crippen LogP contribution in [0.15, 0.2) is 18.2 Å². The topological polar surface area (TPSA) is 21.3 Å². The smallest absolute Gasteiger partial charge is 0.122 e. The highest BCUT2D eigenvalue weighted by atomic mass is 16.5. The SMILES string of the molecule is COc1ccc(C(C)(C)C)cc1CC1CNC1. The fourth-order valence-corrected chi connectivity index (χ4v) is 2.21. The lowest BCUT2D eigenvalue weighted by Gasteiger charge is -2.28. The van der Waals surface area contributed by atoms with Gasteiger partial charge >= 0.3 is 0 Å². The number of ether oxygens (including phenoxy) is 1. The Bertz CT molecular complexity index is 388. The van der Waals surface area contributed by atoms with Gasteiger partial charge in [-0.3, -0.25) is 0 Å². The van der Waals surface area contributed by atoms with Crippen molar-refractivity contribution < 1.29 is 4.74 Å². The Labute approximate surface area is 104 Å². The molecular formula is C15H23NO. The molecule has 1 N–H and O–H groups in total. The van der Waals surface area contributed by atoms with E-state index in [-0.39, 0.29) is 5.41 Å². The highest BCUT2D eigenvalue weighted by Gasteiger charge is 2.21. The molecule has 1 aromatic carbocycles. The average Bonchev–Trinajstić information content (AvgIpc) is 2.22. The second-order valence-electron chi connectivity index (χ2n) is 6.01. The van der Waals surface area contributed by atoms with E-state index < -0.39 is 0 Å². The first-order valence-corrected chi connectivity index (χ1v) is 6.39. The van der Waals surface area contributed by atoms with E-state index in [0.717, 1.165) is 31.2 Å². The van der Waals surface area contributed by atoms with Gasteiger partial charge < -0.3 is 10.1 Å². The van der Waals surface area contributed by atoms with Crippen LogP contribution in [0.1, 0.15) is 31.9 Å². The molecular weight excluding hydrogens is 210 g/mol. The summed E-state index contributed by atoms with van der Waals surface area (Å²) in [7, 11) is 1.76. The maximum absolute atomic E-state index is 5.46. The van der Waals surface area contributed by atoms with Gasteiger partial charge in [-0.15, -0.1) is 0 Å². The third kappa shape index (κ3) is 2.81. The second-order valence-corrected chi connectivity index (χ2v) is 6.01. The zero-order valence-corrected chi connectivity index (χ0v) is 11.3. The summed E-state index contributed by atoms with van der Waals surface area (Å²) in [5, 5.41) is 3.32. The third-order valence-corrected chi connectivity index (χ3v) is 3.52. The molecule has 1 aromatic rings. The summed E-state index contributed by atoms with van der Waals surface area (Å²) in [6.07, 6.45) is 1.13. The van der Waals surface area contributed by atoms with Crippen LogP contribution < -0.4 is 10.1 Å². The zero-order valence-electron chi connectivity index (χ0n) is 11.3. The van der Waals surface area contributed by atoms with Crippen LogP contribution in [0, 0.1) is 5.92 Å². The number of nitrogens with one attached hydrogen (secondary N) is 1. The minimum absolute atomic E-state index is 0.207. The summed E-state index contributed by atoms with van der Waals surface area (Å²) in [6, 6.07) is 6.61. The number of methoxy groups -OCH3 is 1. The first-order valence-electron chi connectivity index (χ1n) is 6.39. The molecule has 1 fully saturated rings. The second kappa shape index (κ2) is 4.69. The van der Waals surface area contributed by atoms with Crippen LogP contribution >= 0.6 is 0 Å². The Kier molecular flexibility index (Phi) is 3.43. The van der Waals surface area contributed by atoms with Gasteiger partial charge in [0.15, 0.2) is 0 Å². The minimum atomic E-state index is 0.207. The van der Waals surface area contributed by atoms with E-state index in [1.165, 1.54) is 11.1 Å². The van der Waals surface area contributed by atoms with Crippen molar-refractivity contribution >= 4 is 0 Å². The molecule has 0 bridgehead atoms. The summed E-state index contributed by atoms with van der Waals surface area (Å²) in [4.78, 5) is 0. The lowest BCUT2D eigenvalue weighted by Crippen LogP contribution is -2.43. The molecule has 1 saturated heterocycles. The van der Waals surface area contributed by atoms with Gasteiger partial charge in [0.25, 0.3) is 0 Å². The molecule has 0 spiro atoms. The highest BCUT2D eigenvalue weighted by Crippen LogP contribution is 2.29. The van der Waals surface area contributed by atoms with Gasteiger partial charge in [-0.1, -0.05) is 32.9 Å². The monoisotopic (exact) mass is 233 g/mol. The molecule has 2 heteroatoms. The number of hydrogen-bond donors (Lipinski definition) is 1. The van der Waals surface area contributed by atoms with E-state index in [1.54, 1.807) is 7.11 Å². The van der Waals surface area contributed by atoms with Gasteiger partial charge in [0, 0.05) is 0 Å². The summed E-state index contributed by atoms with van der Waals surface area (Å²) < 4.78 is 5.46. The van der Waals surface area contributed by atoms with Crippen LogP contribution in [0.2, 0.25) is 0 Å². The lowest BCUT2D eigenvalue weighted by atomic mass is 9.84. The van der Waals surface area contributed by atoms with Gasteiger partial charge in [-0.05, 0) is 48.0 Å². The molecule has 0 amide bonds. The van der Waals surface area contributed by atoms with E-state index >= 15 is 0 Å².